The van der Waals surface area contributed by atoms with Crippen LogP contribution in [0.1, 0.15) is 33.4 Å². The number of nitrogens with zero attached hydrogens (tertiary/aromatic N) is 2. The minimum absolute atomic E-state index is 0.0816. The molecule has 2 heterocycles. The van der Waals surface area contributed by atoms with Gasteiger partial charge in [0, 0.05) is 10.3 Å². The molecule has 4 aromatic rings. The van der Waals surface area contributed by atoms with Gasteiger partial charge in [0.2, 0.25) is 0 Å². The van der Waals surface area contributed by atoms with Gasteiger partial charge in [0.1, 0.15) is 0 Å². The average Bonchev–Trinajstić information content (AvgIpc) is 3.30. The molecule has 1 amide bonds. The summed E-state index contributed by atoms with van der Waals surface area (Å²) in [5, 5.41) is 19.0. The first-order valence-electron chi connectivity index (χ1n) is 9.63. The van der Waals surface area contributed by atoms with E-state index in [-0.39, 0.29) is 24.2 Å². The molecule has 0 saturated carbocycles. The molecular weight excluding hydrogens is 414 g/mol. The number of carbonyl (C=O) groups is 2. The third-order valence-corrected chi connectivity index (χ3v) is 5.81. The Labute approximate surface area is 181 Å². The Morgan fingerprint density at radius 3 is 2.39 bits per heavy atom. The SMILES string of the molecule is O=C(O)C[C@H](NC(=O)c1nn(Cc2ccccc2)c(=O)c2ccccc12)c1cccs1. The van der Waals surface area contributed by atoms with Gasteiger partial charge in [0.25, 0.3) is 11.5 Å². The Hall–Kier alpha value is -3.78. The van der Waals surface area contributed by atoms with Crippen LogP contribution < -0.4 is 10.9 Å². The zero-order chi connectivity index (χ0) is 21.8. The summed E-state index contributed by atoms with van der Waals surface area (Å²) >= 11 is 1.37. The Morgan fingerprint density at radius 2 is 1.71 bits per heavy atom. The third kappa shape index (κ3) is 4.54. The molecule has 156 valence electrons. The number of aliphatic carboxylic acids is 1. The van der Waals surface area contributed by atoms with Gasteiger partial charge in [0.05, 0.1) is 24.4 Å². The number of hydrogen-bond donors (Lipinski definition) is 2. The number of carboxylic acids is 1. The molecule has 0 spiro atoms. The van der Waals surface area contributed by atoms with E-state index in [4.69, 9.17) is 0 Å². The van der Waals surface area contributed by atoms with Crippen LogP contribution in [0.4, 0.5) is 0 Å². The molecule has 1 atom stereocenters. The summed E-state index contributed by atoms with van der Waals surface area (Å²) in [6.45, 7) is 0.217. The lowest BCUT2D eigenvalue weighted by Gasteiger charge is -2.17. The molecule has 0 bridgehead atoms. The maximum absolute atomic E-state index is 13.2. The second kappa shape index (κ2) is 8.93. The van der Waals surface area contributed by atoms with Crippen LogP contribution in [0.2, 0.25) is 0 Å². The zero-order valence-corrected chi connectivity index (χ0v) is 17.2. The predicted molar refractivity (Wildman–Crippen MR) is 118 cm³/mol. The van der Waals surface area contributed by atoms with E-state index >= 15 is 0 Å². The van der Waals surface area contributed by atoms with Gasteiger partial charge < -0.3 is 10.4 Å². The molecule has 7 nitrogen and oxygen atoms in total. The van der Waals surface area contributed by atoms with Crippen molar-refractivity contribution in [2.45, 2.75) is 19.0 Å². The molecule has 0 aliphatic rings. The van der Waals surface area contributed by atoms with E-state index in [0.717, 1.165) is 10.4 Å². The quantitative estimate of drug-likeness (QED) is 0.465. The van der Waals surface area contributed by atoms with Crippen LogP contribution >= 0.6 is 11.3 Å². The van der Waals surface area contributed by atoms with E-state index < -0.39 is 17.9 Å². The molecule has 2 aromatic carbocycles. The fraction of sp³-hybridized carbons (Fsp3) is 0.130. The first-order chi connectivity index (χ1) is 15.0. The summed E-state index contributed by atoms with van der Waals surface area (Å²) in [4.78, 5) is 38.2. The van der Waals surface area contributed by atoms with Crippen molar-refractivity contribution in [3.63, 3.8) is 0 Å². The maximum Gasteiger partial charge on any atom is 0.305 e. The number of thiophene rings is 1. The lowest BCUT2D eigenvalue weighted by atomic mass is 10.1. The van der Waals surface area contributed by atoms with E-state index in [0.29, 0.717) is 10.8 Å². The largest absolute Gasteiger partial charge is 0.481 e. The molecule has 31 heavy (non-hydrogen) atoms. The van der Waals surface area contributed by atoms with Crippen LogP contribution in [-0.2, 0) is 11.3 Å². The second-order valence-corrected chi connectivity index (χ2v) is 7.96. The number of benzene rings is 2. The van der Waals surface area contributed by atoms with Crippen LogP contribution in [0.5, 0.6) is 0 Å². The fourth-order valence-electron chi connectivity index (χ4n) is 3.38. The molecule has 0 aliphatic heterocycles. The van der Waals surface area contributed by atoms with E-state index in [1.807, 2.05) is 35.7 Å². The summed E-state index contributed by atoms with van der Waals surface area (Å²) in [6, 6.07) is 19.0. The van der Waals surface area contributed by atoms with Crippen molar-refractivity contribution < 1.29 is 14.7 Å². The number of carboxylic acid groups (broad SMARTS) is 1. The van der Waals surface area contributed by atoms with Gasteiger partial charge in [-0.1, -0.05) is 54.6 Å². The van der Waals surface area contributed by atoms with Crippen molar-refractivity contribution in [3.05, 3.63) is 98.6 Å². The normalized spacial score (nSPS) is 11.9. The highest BCUT2D eigenvalue weighted by molar-refractivity contribution is 7.10. The standard InChI is InChI=1S/C23H19N3O4S/c27-20(28)13-18(19-11-6-12-31-19)24-22(29)21-16-9-4-5-10-17(16)23(30)26(25-21)14-15-7-2-1-3-8-15/h1-12,18H,13-14H2,(H,24,29)(H,27,28)/t18-/m0/s1. The minimum Gasteiger partial charge on any atom is -0.481 e. The number of fused-ring (bicyclic) bond motifs is 1. The van der Waals surface area contributed by atoms with Crippen LogP contribution in [0.25, 0.3) is 10.8 Å². The van der Waals surface area contributed by atoms with Crippen molar-refractivity contribution in [1.29, 1.82) is 0 Å². The lowest BCUT2D eigenvalue weighted by molar-refractivity contribution is -0.137. The summed E-state index contributed by atoms with van der Waals surface area (Å²) in [5.74, 6) is -1.55. The minimum atomic E-state index is -1.02. The first-order valence-corrected chi connectivity index (χ1v) is 10.5. The first kappa shape index (κ1) is 20.5. The molecule has 0 radical (unpaired) electrons. The Balaban J connectivity index is 1.75. The lowest BCUT2D eigenvalue weighted by Crippen LogP contribution is -2.33. The highest BCUT2D eigenvalue weighted by atomic mass is 32.1. The third-order valence-electron chi connectivity index (χ3n) is 4.83. The van der Waals surface area contributed by atoms with Crippen molar-refractivity contribution >= 4 is 34.0 Å². The van der Waals surface area contributed by atoms with Gasteiger partial charge in [-0.25, -0.2) is 4.68 Å². The van der Waals surface area contributed by atoms with Crippen molar-refractivity contribution in [1.82, 2.24) is 15.1 Å². The maximum atomic E-state index is 13.2. The van der Waals surface area contributed by atoms with Crippen LogP contribution in [0.15, 0.2) is 76.9 Å². The Bertz CT molecular complexity index is 1280. The average molecular weight is 433 g/mol. The Morgan fingerprint density at radius 1 is 1.00 bits per heavy atom. The van der Waals surface area contributed by atoms with Gasteiger partial charge in [0.15, 0.2) is 5.69 Å². The fourth-order valence-corrected chi connectivity index (χ4v) is 4.16. The van der Waals surface area contributed by atoms with Crippen LogP contribution in [0.3, 0.4) is 0 Å². The van der Waals surface area contributed by atoms with Gasteiger partial charge in [-0.15, -0.1) is 11.3 Å². The van der Waals surface area contributed by atoms with Crippen LogP contribution in [0, 0.1) is 0 Å². The molecule has 2 N–H and O–H groups in total. The predicted octanol–water partition coefficient (Wildman–Crippen LogP) is 3.45. The monoisotopic (exact) mass is 433 g/mol. The zero-order valence-electron chi connectivity index (χ0n) is 16.4. The van der Waals surface area contributed by atoms with Gasteiger partial charge in [-0.05, 0) is 23.1 Å². The van der Waals surface area contributed by atoms with E-state index in [1.54, 1.807) is 36.4 Å². The number of amides is 1. The topological polar surface area (TPSA) is 101 Å². The molecule has 2 aromatic heterocycles. The number of rotatable bonds is 7. The molecular formula is C23H19N3O4S. The molecule has 0 aliphatic carbocycles. The smallest absolute Gasteiger partial charge is 0.305 e. The summed E-state index contributed by atoms with van der Waals surface area (Å²) in [6.07, 6.45) is -0.256. The van der Waals surface area contributed by atoms with Gasteiger partial charge >= 0.3 is 5.97 Å². The Kier molecular flexibility index (Phi) is 5.90. The van der Waals surface area contributed by atoms with Crippen molar-refractivity contribution in [3.8, 4) is 0 Å². The van der Waals surface area contributed by atoms with E-state index in [2.05, 4.69) is 10.4 Å². The number of nitrogens with one attached hydrogen (secondary N) is 1. The number of aromatic nitrogens is 2. The number of hydrogen-bond acceptors (Lipinski definition) is 5. The van der Waals surface area contributed by atoms with E-state index in [1.165, 1.54) is 16.0 Å². The van der Waals surface area contributed by atoms with Crippen LogP contribution in [-0.4, -0.2) is 26.8 Å². The summed E-state index contributed by atoms with van der Waals surface area (Å²) in [5.41, 5.74) is 0.663. The summed E-state index contributed by atoms with van der Waals surface area (Å²) in [7, 11) is 0. The molecule has 0 unspecified atom stereocenters. The van der Waals surface area contributed by atoms with Gasteiger partial charge in [-0.3, -0.25) is 14.4 Å². The number of carbonyl (C=O) groups excluding carboxylic acids is 1. The molecule has 8 heteroatoms. The van der Waals surface area contributed by atoms with Crippen molar-refractivity contribution in [2.24, 2.45) is 0 Å². The highest BCUT2D eigenvalue weighted by Gasteiger charge is 2.23. The second-order valence-electron chi connectivity index (χ2n) is 6.98. The molecule has 4 rings (SSSR count). The van der Waals surface area contributed by atoms with Gasteiger partial charge in [-0.2, -0.15) is 5.10 Å². The molecule has 0 fully saturated rings. The van der Waals surface area contributed by atoms with E-state index in [9.17, 15) is 19.5 Å². The summed E-state index contributed by atoms with van der Waals surface area (Å²) < 4.78 is 1.27. The highest BCUT2D eigenvalue weighted by Crippen LogP contribution is 2.23. The molecule has 0 saturated heterocycles. The van der Waals surface area contributed by atoms with Crippen molar-refractivity contribution in [2.75, 3.05) is 0 Å².